The van der Waals surface area contributed by atoms with Crippen LogP contribution < -0.4 is 5.32 Å². The van der Waals surface area contributed by atoms with E-state index < -0.39 is 5.54 Å². The van der Waals surface area contributed by atoms with Crippen LogP contribution in [-0.2, 0) is 15.1 Å². The van der Waals surface area contributed by atoms with Gasteiger partial charge in [-0.05, 0) is 55.5 Å². The number of hydrogen-bond donors (Lipinski definition) is 1. The second-order valence-electron chi connectivity index (χ2n) is 8.00. The van der Waals surface area contributed by atoms with Gasteiger partial charge < -0.3 is 15.0 Å². The number of benzene rings is 1. The van der Waals surface area contributed by atoms with Crippen molar-refractivity contribution in [2.45, 2.75) is 31.2 Å². The van der Waals surface area contributed by atoms with Gasteiger partial charge in [0.2, 0.25) is 5.91 Å². The summed E-state index contributed by atoms with van der Waals surface area (Å²) in [6.07, 6.45) is 5.63. The van der Waals surface area contributed by atoms with Crippen LogP contribution in [0.25, 0.3) is 0 Å². The normalized spacial score (nSPS) is 19.3. The van der Waals surface area contributed by atoms with Gasteiger partial charge in [-0.15, -0.1) is 0 Å². The van der Waals surface area contributed by atoms with Crippen LogP contribution in [0.3, 0.4) is 0 Å². The molecule has 2 aliphatic rings. The molecule has 0 radical (unpaired) electrons. The van der Waals surface area contributed by atoms with Gasteiger partial charge >= 0.3 is 0 Å². The predicted octanol–water partition coefficient (Wildman–Crippen LogP) is 2.90. The molecule has 158 valence electrons. The highest BCUT2D eigenvalue weighted by molar-refractivity contribution is 5.94. The molecule has 2 amide bonds. The van der Waals surface area contributed by atoms with E-state index in [2.05, 4.69) is 10.3 Å². The first kappa shape index (κ1) is 20.5. The number of aromatic nitrogens is 1. The Hall–Kier alpha value is -2.80. The summed E-state index contributed by atoms with van der Waals surface area (Å²) in [6.45, 7) is 2.10. The third-order valence-corrected chi connectivity index (χ3v) is 6.15. The molecule has 3 heterocycles. The number of piperidine rings is 1. The van der Waals surface area contributed by atoms with Gasteiger partial charge in [-0.25, -0.2) is 4.39 Å². The first-order valence-corrected chi connectivity index (χ1v) is 10.4. The lowest BCUT2D eigenvalue weighted by Gasteiger charge is -2.40. The van der Waals surface area contributed by atoms with E-state index >= 15 is 0 Å². The van der Waals surface area contributed by atoms with E-state index in [1.807, 2.05) is 6.07 Å². The minimum Gasteiger partial charge on any atom is -0.381 e. The molecule has 0 bridgehead atoms. The molecule has 2 aliphatic heterocycles. The Morgan fingerprint density at radius 1 is 1.13 bits per heavy atom. The van der Waals surface area contributed by atoms with E-state index in [9.17, 15) is 14.0 Å². The van der Waals surface area contributed by atoms with Crippen molar-refractivity contribution in [2.75, 3.05) is 26.3 Å². The Bertz CT molecular complexity index is 892. The van der Waals surface area contributed by atoms with E-state index in [0.29, 0.717) is 57.6 Å². The molecule has 0 saturated carbocycles. The number of halogens is 1. The van der Waals surface area contributed by atoms with Gasteiger partial charge in [0.25, 0.3) is 5.91 Å². The summed E-state index contributed by atoms with van der Waals surface area (Å²) in [5.74, 6) is -0.566. The molecule has 0 unspecified atom stereocenters. The van der Waals surface area contributed by atoms with E-state index in [1.165, 1.54) is 12.1 Å². The molecule has 0 aliphatic carbocycles. The van der Waals surface area contributed by atoms with Crippen LogP contribution in [0.15, 0.2) is 48.8 Å². The van der Waals surface area contributed by atoms with Crippen LogP contribution in [-0.4, -0.2) is 48.0 Å². The molecule has 2 fully saturated rings. The fourth-order valence-corrected chi connectivity index (χ4v) is 4.35. The van der Waals surface area contributed by atoms with Gasteiger partial charge in [0, 0.05) is 44.6 Å². The number of ether oxygens (including phenoxy) is 1. The summed E-state index contributed by atoms with van der Waals surface area (Å²) >= 11 is 0. The quantitative estimate of drug-likeness (QED) is 0.840. The van der Waals surface area contributed by atoms with Gasteiger partial charge in [-0.3, -0.25) is 14.6 Å². The van der Waals surface area contributed by atoms with Crippen molar-refractivity contribution in [3.8, 4) is 0 Å². The number of rotatable bonds is 4. The summed E-state index contributed by atoms with van der Waals surface area (Å²) in [5, 5.41) is 3.22. The Morgan fingerprint density at radius 2 is 1.90 bits per heavy atom. The van der Waals surface area contributed by atoms with E-state index in [-0.39, 0.29) is 23.5 Å². The van der Waals surface area contributed by atoms with Crippen molar-refractivity contribution in [2.24, 2.45) is 5.92 Å². The Balaban J connectivity index is 1.41. The van der Waals surface area contributed by atoms with E-state index in [0.717, 1.165) is 5.56 Å². The molecule has 1 aromatic carbocycles. The lowest BCUT2D eigenvalue weighted by Crippen LogP contribution is -2.52. The molecule has 2 saturated heterocycles. The van der Waals surface area contributed by atoms with Crippen molar-refractivity contribution in [3.05, 3.63) is 65.7 Å². The second-order valence-corrected chi connectivity index (χ2v) is 8.00. The third kappa shape index (κ3) is 4.36. The summed E-state index contributed by atoms with van der Waals surface area (Å²) in [5.41, 5.74) is 0.733. The first-order valence-electron chi connectivity index (χ1n) is 10.4. The standard InChI is InChI=1S/C23H26FN3O3/c24-20-5-1-4-19(15-20)23(8-13-30-14-9-23)26-21(28)17-6-11-27(12-7-17)22(29)18-3-2-10-25-16-18/h1-5,10,15-17H,6-9,11-14H2,(H,26,28). The van der Waals surface area contributed by atoms with E-state index in [4.69, 9.17) is 4.74 Å². The average molecular weight is 411 g/mol. The highest BCUT2D eigenvalue weighted by atomic mass is 19.1. The van der Waals surface area contributed by atoms with Crippen molar-refractivity contribution < 1.29 is 18.7 Å². The highest BCUT2D eigenvalue weighted by Crippen LogP contribution is 2.33. The lowest BCUT2D eigenvalue weighted by atomic mass is 9.81. The van der Waals surface area contributed by atoms with Crippen LogP contribution in [0.4, 0.5) is 4.39 Å². The van der Waals surface area contributed by atoms with Crippen LogP contribution in [0.2, 0.25) is 0 Å². The van der Waals surface area contributed by atoms with E-state index in [1.54, 1.807) is 35.5 Å². The highest BCUT2D eigenvalue weighted by Gasteiger charge is 2.38. The molecule has 7 heteroatoms. The minimum absolute atomic E-state index is 0.0327. The Morgan fingerprint density at radius 3 is 2.57 bits per heavy atom. The summed E-state index contributed by atoms with van der Waals surface area (Å²) in [6, 6.07) is 9.95. The van der Waals surface area contributed by atoms with Crippen LogP contribution >= 0.6 is 0 Å². The Kier molecular flexibility index (Phi) is 6.08. The monoisotopic (exact) mass is 411 g/mol. The maximum atomic E-state index is 13.9. The zero-order valence-electron chi connectivity index (χ0n) is 16.9. The molecule has 0 atom stereocenters. The number of carbonyl (C=O) groups excluding carboxylic acids is 2. The largest absolute Gasteiger partial charge is 0.381 e. The Labute approximate surface area is 175 Å². The molecule has 0 spiro atoms. The second kappa shape index (κ2) is 8.92. The number of pyridine rings is 1. The van der Waals surface area contributed by atoms with Crippen LogP contribution in [0.5, 0.6) is 0 Å². The number of amides is 2. The lowest BCUT2D eigenvalue weighted by molar-refractivity contribution is -0.129. The molecule has 1 N–H and O–H groups in total. The molecular weight excluding hydrogens is 385 g/mol. The fraction of sp³-hybridized carbons (Fsp3) is 0.435. The molecule has 30 heavy (non-hydrogen) atoms. The van der Waals surface area contributed by atoms with Gasteiger partial charge in [-0.1, -0.05) is 12.1 Å². The number of carbonyl (C=O) groups is 2. The number of likely N-dealkylation sites (tertiary alicyclic amines) is 1. The first-order chi connectivity index (χ1) is 14.6. The zero-order chi connectivity index (χ0) is 21.0. The summed E-state index contributed by atoms with van der Waals surface area (Å²) in [7, 11) is 0. The fourth-order valence-electron chi connectivity index (χ4n) is 4.35. The molecule has 6 nitrogen and oxygen atoms in total. The minimum atomic E-state index is -0.611. The smallest absolute Gasteiger partial charge is 0.255 e. The topological polar surface area (TPSA) is 71.5 Å². The van der Waals surface area contributed by atoms with Crippen LogP contribution in [0.1, 0.15) is 41.6 Å². The predicted molar refractivity (Wildman–Crippen MR) is 109 cm³/mol. The zero-order valence-corrected chi connectivity index (χ0v) is 16.9. The molecule has 2 aromatic rings. The van der Waals surface area contributed by atoms with Crippen molar-refractivity contribution in [3.63, 3.8) is 0 Å². The van der Waals surface area contributed by atoms with Crippen molar-refractivity contribution in [1.82, 2.24) is 15.2 Å². The summed E-state index contributed by atoms with van der Waals surface area (Å²) in [4.78, 5) is 31.5. The van der Waals surface area contributed by atoms with Gasteiger partial charge in [0.1, 0.15) is 5.82 Å². The van der Waals surface area contributed by atoms with Gasteiger partial charge in [0.05, 0.1) is 11.1 Å². The number of nitrogens with one attached hydrogen (secondary N) is 1. The number of hydrogen-bond acceptors (Lipinski definition) is 4. The SMILES string of the molecule is O=C(NC1(c2cccc(F)c2)CCOCC1)C1CCN(C(=O)c2cccnc2)CC1. The number of nitrogens with zero attached hydrogens (tertiary/aromatic N) is 2. The van der Waals surface area contributed by atoms with Crippen molar-refractivity contribution >= 4 is 11.8 Å². The maximum absolute atomic E-state index is 13.9. The van der Waals surface area contributed by atoms with Crippen LogP contribution in [0, 0.1) is 11.7 Å². The van der Waals surface area contributed by atoms with Gasteiger partial charge in [-0.2, -0.15) is 0 Å². The average Bonchev–Trinajstić information content (AvgIpc) is 2.80. The molecular formula is C23H26FN3O3. The van der Waals surface area contributed by atoms with Crippen molar-refractivity contribution in [1.29, 1.82) is 0 Å². The van der Waals surface area contributed by atoms with Gasteiger partial charge in [0.15, 0.2) is 0 Å². The summed E-state index contributed by atoms with van der Waals surface area (Å²) < 4.78 is 19.3. The third-order valence-electron chi connectivity index (χ3n) is 6.15. The molecule has 4 rings (SSSR count). The maximum Gasteiger partial charge on any atom is 0.255 e. The molecule has 1 aromatic heterocycles.